The molecule has 3 aromatic rings. The highest BCUT2D eigenvalue weighted by Crippen LogP contribution is 2.42. The molecule has 1 N–H and O–H groups in total. The maximum Gasteiger partial charge on any atom is 0.284 e. The van der Waals surface area contributed by atoms with Gasteiger partial charge in [-0.1, -0.05) is 11.8 Å². The van der Waals surface area contributed by atoms with E-state index in [1.54, 1.807) is 41.9 Å². The minimum Gasteiger partial charge on any atom is -0.497 e. The second-order valence-electron chi connectivity index (χ2n) is 5.98. The number of nitrogens with one attached hydrogen (secondary N) is 1. The molecule has 8 nitrogen and oxygen atoms in total. The van der Waals surface area contributed by atoms with E-state index in [0.29, 0.717) is 32.7 Å². The fourth-order valence-corrected chi connectivity index (χ4v) is 4.68. The number of methoxy groups -OCH3 is 1. The number of thioether (sulfide) groups is 1. The van der Waals surface area contributed by atoms with Crippen LogP contribution >= 0.6 is 23.1 Å². The predicted molar refractivity (Wildman–Crippen MR) is 111 cm³/mol. The zero-order chi connectivity index (χ0) is 20.5. The lowest BCUT2D eigenvalue weighted by Gasteiger charge is -2.03. The molecule has 146 valence electrons. The number of nitro benzene ring substituents is 1. The highest BCUT2D eigenvalue weighted by molar-refractivity contribution is 8.19. The van der Waals surface area contributed by atoms with E-state index in [1.807, 2.05) is 0 Å². The molecule has 3 heterocycles. The Labute approximate surface area is 172 Å². The summed E-state index contributed by atoms with van der Waals surface area (Å²) in [5, 5.41) is 22.1. The smallest absolute Gasteiger partial charge is 0.284 e. The van der Waals surface area contributed by atoms with Crippen molar-refractivity contribution in [2.45, 2.75) is 5.92 Å². The van der Waals surface area contributed by atoms with Crippen molar-refractivity contribution in [1.29, 1.82) is 5.41 Å². The van der Waals surface area contributed by atoms with Gasteiger partial charge in [0.25, 0.3) is 5.69 Å². The predicted octanol–water partition coefficient (Wildman–Crippen LogP) is 4.74. The lowest BCUT2D eigenvalue weighted by Crippen LogP contribution is -2.11. The van der Waals surface area contributed by atoms with Crippen LogP contribution in [0.5, 0.6) is 5.75 Å². The number of hydrogen-bond acceptors (Lipinski definition) is 9. The second kappa shape index (κ2) is 7.64. The van der Waals surface area contributed by atoms with Gasteiger partial charge in [-0.25, -0.2) is 4.98 Å². The van der Waals surface area contributed by atoms with Gasteiger partial charge in [0.15, 0.2) is 5.78 Å². The normalized spacial score (nSPS) is 17.8. The van der Waals surface area contributed by atoms with E-state index in [4.69, 9.17) is 14.6 Å². The second-order valence-corrected chi connectivity index (χ2v) is 7.99. The molecule has 1 fully saturated rings. The van der Waals surface area contributed by atoms with Crippen molar-refractivity contribution in [3.8, 4) is 17.1 Å². The summed E-state index contributed by atoms with van der Waals surface area (Å²) >= 11 is 2.40. The minimum atomic E-state index is -0.677. The maximum atomic E-state index is 12.7. The molecule has 0 unspecified atom stereocenters. The van der Waals surface area contributed by atoms with Crippen LogP contribution in [-0.2, 0) is 4.79 Å². The number of nitro groups is 1. The Hall–Kier alpha value is -3.24. The molecule has 1 atom stereocenters. The SMILES string of the molecule is COc1ccc(-c2ccc(/C=C3\SC(=N)[C@H](c4nccs4)C3=O)o2)c([N+](=O)[O-])c1. The molecule has 0 spiro atoms. The van der Waals surface area contributed by atoms with Crippen LogP contribution in [0, 0.1) is 15.5 Å². The van der Waals surface area contributed by atoms with Gasteiger partial charge in [0.2, 0.25) is 0 Å². The molecule has 29 heavy (non-hydrogen) atoms. The molecular weight excluding hydrogens is 414 g/mol. The van der Waals surface area contributed by atoms with Crippen molar-refractivity contribution in [3.63, 3.8) is 0 Å². The van der Waals surface area contributed by atoms with Gasteiger partial charge in [0, 0.05) is 11.6 Å². The Morgan fingerprint density at radius 2 is 2.17 bits per heavy atom. The van der Waals surface area contributed by atoms with Gasteiger partial charge >= 0.3 is 0 Å². The number of carbonyl (C=O) groups excluding carboxylic acids is 1. The van der Waals surface area contributed by atoms with E-state index in [1.165, 1.54) is 24.5 Å². The molecule has 0 aliphatic carbocycles. The summed E-state index contributed by atoms with van der Waals surface area (Å²) in [6.45, 7) is 0. The Morgan fingerprint density at radius 1 is 1.34 bits per heavy atom. The number of aromatic nitrogens is 1. The van der Waals surface area contributed by atoms with Crippen LogP contribution in [0.1, 0.15) is 16.7 Å². The molecule has 4 rings (SSSR count). The number of ketones is 1. The Bertz CT molecular complexity index is 1150. The summed E-state index contributed by atoms with van der Waals surface area (Å²) in [5.41, 5.74) is 0.161. The van der Waals surface area contributed by atoms with Gasteiger partial charge in [-0.2, -0.15) is 0 Å². The van der Waals surface area contributed by atoms with Crippen LogP contribution in [0.2, 0.25) is 0 Å². The maximum absolute atomic E-state index is 12.7. The first-order chi connectivity index (χ1) is 14.0. The number of Topliss-reactive ketones (excluding diaryl/α,β-unsaturated/α-hetero) is 1. The lowest BCUT2D eigenvalue weighted by molar-refractivity contribution is -0.384. The highest BCUT2D eigenvalue weighted by atomic mass is 32.2. The van der Waals surface area contributed by atoms with E-state index >= 15 is 0 Å². The molecule has 0 radical (unpaired) electrons. The van der Waals surface area contributed by atoms with Crippen molar-refractivity contribution >= 4 is 45.7 Å². The summed E-state index contributed by atoms with van der Waals surface area (Å²) < 4.78 is 10.8. The van der Waals surface area contributed by atoms with Gasteiger partial charge < -0.3 is 9.15 Å². The van der Waals surface area contributed by atoms with Gasteiger partial charge in [-0.3, -0.25) is 20.3 Å². The van der Waals surface area contributed by atoms with Crippen molar-refractivity contribution in [1.82, 2.24) is 4.98 Å². The standard InChI is InChI=1S/C19H13N3O5S2/c1-26-10-2-4-12(13(8-10)22(24)25)14-5-3-11(27-14)9-15-17(23)16(18(20)29-15)19-21-6-7-28-19/h2-9,16,20H,1H3/b15-9-,20-18?/t16-/m1/s1. The van der Waals surface area contributed by atoms with Gasteiger partial charge in [-0.05, 0) is 30.3 Å². The molecule has 10 heteroatoms. The van der Waals surface area contributed by atoms with E-state index in [0.717, 1.165) is 11.8 Å². The lowest BCUT2D eigenvalue weighted by atomic mass is 10.1. The zero-order valence-corrected chi connectivity index (χ0v) is 16.6. The Kier molecular flexibility index (Phi) is 5.03. The number of rotatable bonds is 5. The number of allylic oxidation sites excluding steroid dienone is 1. The number of benzene rings is 1. The Balaban J connectivity index is 1.65. The van der Waals surface area contributed by atoms with Crippen molar-refractivity contribution in [2.75, 3.05) is 7.11 Å². The first kappa shape index (κ1) is 19.1. The molecule has 0 bridgehead atoms. The summed E-state index contributed by atoms with van der Waals surface area (Å²) in [5.74, 6) is 0.155. The average molecular weight is 427 g/mol. The summed E-state index contributed by atoms with van der Waals surface area (Å²) in [6, 6.07) is 7.72. The largest absolute Gasteiger partial charge is 0.497 e. The molecule has 2 aromatic heterocycles. The molecule has 1 aliphatic heterocycles. The molecular formula is C19H13N3O5S2. The van der Waals surface area contributed by atoms with Crippen LogP contribution in [0.4, 0.5) is 5.69 Å². The third-order valence-electron chi connectivity index (χ3n) is 4.25. The van der Waals surface area contributed by atoms with E-state index in [2.05, 4.69) is 4.98 Å². The first-order valence-electron chi connectivity index (χ1n) is 8.32. The average Bonchev–Trinajstić information content (AvgIpc) is 3.43. The van der Waals surface area contributed by atoms with E-state index < -0.39 is 10.8 Å². The minimum absolute atomic E-state index is 0.144. The fraction of sp³-hybridized carbons (Fsp3) is 0.105. The number of thiazole rings is 1. The van der Waals surface area contributed by atoms with Crippen LogP contribution in [-0.4, -0.2) is 27.8 Å². The number of furan rings is 1. The van der Waals surface area contributed by atoms with Crippen molar-refractivity contribution in [3.05, 3.63) is 67.7 Å². The molecule has 1 aromatic carbocycles. The molecule has 0 amide bonds. The number of carbonyl (C=O) groups is 1. The number of ether oxygens (including phenoxy) is 1. The summed E-state index contributed by atoms with van der Waals surface area (Å²) in [6.07, 6.45) is 3.15. The monoisotopic (exact) mass is 427 g/mol. The third-order valence-corrected chi connectivity index (χ3v) is 6.09. The van der Waals surface area contributed by atoms with Crippen LogP contribution < -0.4 is 4.74 Å². The first-order valence-corrected chi connectivity index (χ1v) is 10.0. The van der Waals surface area contributed by atoms with Gasteiger partial charge in [0.05, 0.1) is 33.6 Å². The van der Waals surface area contributed by atoms with Crippen molar-refractivity contribution < 1.29 is 18.9 Å². The highest BCUT2D eigenvalue weighted by Gasteiger charge is 2.38. The van der Waals surface area contributed by atoms with Crippen LogP contribution in [0.25, 0.3) is 17.4 Å². The van der Waals surface area contributed by atoms with E-state index in [9.17, 15) is 14.9 Å². The van der Waals surface area contributed by atoms with E-state index in [-0.39, 0.29) is 16.5 Å². The van der Waals surface area contributed by atoms with Crippen molar-refractivity contribution in [2.24, 2.45) is 0 Å². The zero-order valence-electron chi connectivity index (χ0n) is 14.9. The van der Waals surface area contributed by atoms with Crippen LogP contribution in [0.3, 0.4) is 0 Å². The molecule has 1 saturated heterocycles. The fourth-order valence-electron chi connectivity index (χ4n) is 2.89. The van der Waals surface area contributed by atoms with Gasteiger partial charge in [-0.15, -0.1) is 11.3 Å². The summed E-state index contributed by atoms with van der Waals surface area (Å²) in [4.78, 5) is 28.1. The van der Waals surface area contributed by atoms with Gasteiger partial charge in [0.1, 0.15) is 28.2 Å². The topological polar surface area (TPSA) is 119 Å². The Morgan fingerprint density at radius 3 is 2.86 bits per heavy atom. The summed E-state index contributed by atoms with van der Waals surface area (Å²) in [7, 11) is 1.43. The quantitative estimate of drug-likeness (QED) is 0.355. The third kappa shape index (κ3) is 3.59. The van der Waals surface area contributed by atoms with Crippen LogP contribution in [0.15, 0.2) is 51.2 Å². The molecule has 0 saturated carbocycles. The number of hydrogen-bond donors (Lipinski definition) is 1. The number of nitrogens with zero attached hydrogens (tertiary/aromatic N) is 2. The molecule has 1 aliphatic rings.